The molecular weight excluding hydrogens is 435 g/mol. The molecule has 0 saturated carbocycles. The Hall–Kier alpha value is -1.85. The van der Waals surface area contributed by atoms with Crippen molar-refractivity contribution < 1.29 is 49.4 Å². The van der Waals surface area contributed by atoms with E-state index in [0.717, 1.165) is 5.56 Å². The van der Waals surface area contributed by atoms with E-state index in [0.29, 0.717) is 38.2 Å². The molecule has 2 atom stereocenters. The molecule has 0 fully saturated rings. The third-order valence-electron chi connectivity index (χ3n) is 4.80. The van der Waals surface area contributed by atoms with E-state index >= 15 is 0 Å². The summed E-state index contributed by atoms with van der Waals surface area (Å²) in [6.45, 7) is 7.25. The number of carbonyl (C=O) groups is 2. The zero-order valence-corrected chi connectivity index (χ0v) is 22.0. The number of amides is 1. The second-order valence-electron chi connectivity index (χ2n) is 9.08. The predicted octanol–water partition coefficient (Wildman–Crippen LogP) is -2.66. The van der Waals surface area contributed by atoms with Gasteiger partial charge < -0.3 is 25.6 Å². The van der Waals surface area contributed by atoms with Crippen LogP contribution in [0.25, 0.3) is 0 Å². The number of rotatable bonds is 13. The Morgan fingerprint density at radius 2 is 1.91 bits per heavy atom. The molecule has 3 N–H and O–H groups in total. The van der Waals surface area contributed by atoms with E-state index in [2.05, 4.69) is 46.9 Å². The molecule has 1 aromatic heterocycles. The first kappa shape index (κ1) is 29.2. The van der Waals surface area contributed by atoms with Crippen LogP contribution in [0.15, 0.2) is 30.3 Å². The van der Waals surface area contributed by atoms with Crippen LogP contribution in [0.3, 0.4) is 0 Å². The summed E-state index contributed by atoms with van der Waals surface area (Å²) in [4.78, 5) is 22.9. The minimum absolute atomic E-state index is 0. The maximum absolute atomic E-state index is 12.2. The van der Waals surface area contributed by atoms with Crippen molar-refractivity contribution in [2.45, 2.75) is 71.7 Å². The van der Waals surface area contributed by atoms with Gasteiger partial charge in [-0.3, -0.25) is 4.79 Å². The van der Waals surface area contributed by atoms with Crippen LogP contribution in [-0.2, 0) is 22.7 Å². The first-order chi connectivity index (χ1) is 15.1. The first-order valence-electron chi connectivity index (χ1n) is 10.8. The summed E-state index contributed by atoms with van der Waals surface area (Å²) in [5.41, 5.74) is 0.978. The number of nitrogens with zero attached hydrogens (tertiary/aromatic N) is 4. The van der Waals surface area contributed by atoms with Gasteiger partial charge in [0.2, 0.25) is 5.91 Å². The topological polar surface area (TPSA) is 145 Å². The Kier molecular flexibility index (Phi) is 12.8. The van der Waals surface area contributed by atoms with Gasteiger partial charge in [0.1, 0.15) is 0 Å². The van der Waals surface area contributed by atoms with Gasteiger partial charge in [-0.2, -0.15) is 0 Å². The van der Waals surface area contributed by atoms with Crippen LogP contribution in [0.1, 0.15) is 63.9 Å². The molecule has 0 saturated heterocycles. The summed E-state index contributed by atoms with van der Waals surface area (Å²) in [5.74, 6) is -0.759. The van der Waals surface area contributed by atoms with E-state index in [9.17, 15) is 19.8 Å². The molecule has 176 valence electrons. The summed E-state index contributed by atoms with van der Waals surface area (Å²) in [6, 6.07) is 9.43. The van der Waals surface area contributed by atoms with Crippen molar-refractivity contribution in [3.8, 4) is 0 Å². The number of aliphatic carboxylic acids is 1. The Bertz CT molecular complexity index is 856. The SMILES string of the molecule is CC(C)(C)CC(NCC(O)CC(=O)[O-])c1nnnn1CCCC(=O)NCc1ccccc1.[Na+]. The predicted molar refractivity (Wildman–Crippen MR) is 116 cm³/mol. The van der Waals surface area contributed by atoms with Crippen molar-refractivity contribution in [3.63, 3.8) is 0 Å². The summed E-state index contributed by atoms with van der Waals surface area (Å²) in [5, 5.41) is 38.6. The molecule has 0 spiro atoms. The Morgan fingerprint density at radius 1 is 1.21 bits per heavy atom. The molecule has 2 aromatic rings. The zero-order valence-electron chi connectivity index (χ0n) is 20.0. The first-order valence-corrected chi connectivity index (χ1v) is 10.8. The molecular formula is C22H33N6NaO4. The molecule has 11 heteroatoms. The molecule has 1 amide bonds. The fourth-order valence-electron chi connectivity index (χ4n) is 3.30. The summed E-state index contributed by atoms with van der Waals surface area (Å²) in [6.07, 6.45) is 0.0589. The number of benzene rings is 1. The molecule has 33 heavy (non-hydrogen) atoms. The van der Waals surface area contributed by atoms with Gasteiger partial charge in [0.25, 0.3) is 0 Å². The zero-order chi connectivity index (χ0) is 23.6. The van der Waals surface area contributed by atoms with Crippen LogP contribution in [0.4, 0.5) is 0 Å². The van der Waals surface area contributed by atoms with Crippen LogP contribution in [0.2, 0.25) is 0 Å². The van der Waals surface area contributed by atoms with Crippen LogP contribution in [-0.4, -0.2) is 49.8 Å². The van der Waals surface area contributed by atoms with E-state index < -0.39 is 18.5 Å². The fraction of sp³-hybridized carbons (Fsp3) is 0.591. The van der Waals surface area contributed by atoms with Gasteiger partial charge in [-0.1, -0.05) is 51.1 Å². The Morgan fingerprint density at radius 3 is 2.55 bits per heavy atom. The number of aliphatic hydroxyl groups is 1. The van der Waals surface area contributed by atoms with Crippen LogP contribution in [0, 0.1) is 5.41 Å². The molecule has 0 bridgehead atoms. The van der Waals surface area contributed by atoms with Gasteiger partial charge in [0, 0.05) is 38.4 Å². The van der Waals surface area contributed by atoms with Crippen molar-refractivity contribution in [3.05, 3.63) is 41.7 Å². The van der Waals surface area contributed by atoms with Gasteiger partial charge in [-0.25, -0.2) is 4.68 Å². The molecule has 0 aliphatic rings. The molecule has 0 aliphatic heterocycles. The standard InChI is InChI=1S/C22H34N6O4.Na/c1-22(2,3)13-18(23-15-17(29)12-20(31)32)21-25-26-27-28(21)11-7-10-19(30)24-14-16-8-5-4-6-9-16;/h4-6,8-9,17-18,23,29H,7,10-15H2,1-3H3,(H,24,30)(H,31,32);/q;+1/p-1. The summed E-state index contributed by atoms with van der Waals surface area (Å²) in [7, 11) is 0. The largest absolute Gasteiger partial charge is 1.00 e. The summed E-state index contributed by atoms with van der Waals surface area (Å²) >= 11 is 0. The van der Waals surface area contributed by atoms with Crippen molar-refractivity contribution in [1.82, 2.24) is 30.8 Å². The summed E-state index contributed by atoms with van der Waals surface area (Å²) < 4.78 is 1.65. The number of hydrogen-bond donors (Lipinski definition) is 3. The molecule has 1 aromatic carbocycles. The van der Waals surface area contributed by atoms with E-state index in [1.807, 2.05) is 30.3 Å². The maximum atomic E-state index is 12.2. The van der Waals surface area contributed by atoms with Gasteiger partial charge >= 0.3 is 29.6 Å². The molecule has 2 rings (SSSR count). The van der Waals surface area contributed by atoms with Crippen LogP contribution < -0.4 is 45.3 Å². The molecule has 10 nitrogen and oxygen atoms in total. The van der Waals surface area contributed by atoms with E-state index in [4.69, 9.17) is 0 Å². The van der Waals surface area contributed by atoms with Crippen molar-refractivity contribution in [1.29, 1.82) is 0 Å². The van der Waals surface area contributed by atoms with Crippen molar-refractivity contribution in [2.75, 3.05) is 6.54 Å². The van der Waals surface area contributed by atoms with Crippen LogP contribution in [0.5, 0.6) is 0 Å². The number of aryl methyl sites for hydroxylation is 1. The average Bonchev–Trinajstić information content (AvgIpc) is 3.17. The number of nitrogens with one attached hydrogen (secondary N) is 2. The second-order valence-corrected chi connectivity index (χ2v) is 9.08. The van der Waals surface area contributed by atoms with E-state index in [1.54, 1.807) is 4.68 Å². The smallest absolute Gasteiger partial charge is 0.550 e. The van der Waals surface area contributed by atoms with Crippen molar-refractivity contribution in [2.24, 2.45) is 5.41 Å². The van der Waals surface area contributed by atoms with Crippen LogP contribution >= 0.6 is 0 Å². The Labute approximate surface area is 216 Å². The van der Waals surface area contributed by atoms with Gasteiger partial charge in [0.05, 0.1) is 12.1 Å². The number of tetrazole rings is 1. The number of aromatic nitrogens is 4. The Balaban J connectivity index is 0.00000544. The number of carboxylic acids is 1. The number of aliphatic hydroxyl groups excluding tert-OH is 1. The minimum atomic E-state index is -1.30. The maximum Gasteiger partial charge on any atom is 1.00 e. The van der Waals surface area contributed by atoms with Gasteiger partial charge in [0.15, 0.2) is 5.82 Å². The average molecular weight is 469 g/mol. The number of carboxylic acid groups (broad SMARTS) is 1. The number of hydrogen-bond acceptors (Lipinski definition) is 8. The third-order valence-corrected chi connectivity index (χ3v) is 4.80. The second kappa shape index (κ2) is 14.4. The third kappa shape index (κ3) is 11.7. The van der Waals surface area contributed by atoms with Crippen molar-refractivity contribution >= 4 is 11.9 Å². The number of carbonyl (C=O) groups excluding carboxylic acids is 2. The van der Waals surface area contributed by atoms with E-state index in [1.165, 1.54) is 0 Å². The van der Waals surface area contributed by atoms with Gasteiger partial charge in [-0.15, -0.1) is 5.10 Å². The molecule has 1 heterocycles. The normalized spacial score (nSPS) is 13.1. The monoisotopic (exact) mass is 468 g/mol. The molecule has 0 radical (unpaired) electrons. The van der Waals surface area contributed by atoms with E-state index in [-0.39, 0.29) is 53.5 Å². The quantitative estimate of drug-likeness (QED) is 0.270. The molecule has 0 aliphatic carbocycles. The minimum Gasteiger partial charge on any atom is -0.550 e. The fourth-order valence-corrected chi connectivity index (χ4v) is 3.30. The van der Waals surface area contributed by atoms with Gasteiger partial charge in [-0.05, 0) is 34.2 Å². The molecule has 2 unspecified atom stereocenters.